The zero-order chi connectivity index (χ0) is 15.7. The van der Waals surface area contributed by atoms with Crippen LogP contribution in [0.4, 0.5) is 5.82 Å². The third-order valence-corrected chi connectivity index (χ3v) is 3.78. The smallest absolute Gasteiger partial charge is 0.326 e. The molecule has 0 amide bonds. The van der Waals surface area contributed by atoms with Crippen molar-refractivity contribution in [1.82, 2.24) is 15.1 Å². The van der Waals surface area contributed by atoms with Crippen LogP contribution in [0.5, 0.6) is 0 Å². The summed E-state index contributed by atoms with van der Waals surface area (Å²) in [5.41, 5.74) is 0.750. The van der Waals surface area contributed by atoms with Crippen LogP contribution in [-0.2, 0) is 4.79 Å². The SMILES string of the molecule is CC(C)c1noc(-c2ccnc(N3CCCC3C(=O)O)c2)n1. The molecule has 3 rings (SSSR count). The highest BCUT2D eigenvalue weighted by molar-refractivity contribution is 5.78. The van der Waals surface area contributed by atoms with Gasteiger partial charge in [-0.15, -0.1) is 0 Å². The standard InChI is InChI=1S/C15H18N4O3/c1-9(2)13-17-14(22-18-13)10-5-6-16-12(8-10)19-7-3-4-11(19)15(20)21/h5-6,8-9,11H,3-4,7H2,1-2H3,(H,20,21). The number of hydrogen-bond donors (Lipinski definition) is 1. The summed E-state index contributed by atoms with van der Waals surface area (Å²) in [7, 11) is 0. The minimum atomic E-state index is -0.815. The van der Waals surface area contributed by atoms with Crippen molar-refractivity contribution >= 4 is 11.8 Å². The molecule has 3 heterocycles. The minimum Gasteiger partial charge on any atom is -0.480 e. The third kappa shape index (κ3) is 2.66. The minimum absolute atomic E-state index is 0.189. The number of carbonyl (C=O) groups is 1. The molecule has 1 fully saturated rings. The fourth-order valence-electron chi connectivity index (χ4n) is 2.59. The van der Waals surface area contributed by atoms with Crippen LogP contribution in [0.25, 0.3) is 11.5 Å². The van der Waals surface area contributed by atoms with Gasteiger partial charge in [0.15, 0.2) is 5.82 Å². The summed E-state index contributed by atoms with van der Waals surface area (Å²) in [6, 6.07) is 3.07. The molecular weight excluding hydrogens is 284 g/mol. The van der Waals surface area contributed by atoms with E-state index < -0.39 is 12.0 Å². The molecule has 22 heavy (non-hydrogen) atoms. The zero-order valence-corrected chi connectivity index (χ0v) is 12.6. The quantitative estimate of drug-likeness (QED) is 0.926. The molecule has 1 N–H and O–H groups in total. The molecule has 2 aromatic rings. The van der Waals surface area contributed by atoms with E-state index in [1.165, 1.54) is 0 Å². The molecule has 1 unspecified atom stereocenters. The average molecular weight is 302 g/mol. The molecule has 0 aliphatic carbocycles. The summed E-state index contributed by atoms with van der Waals surface area (Å²) in [5.74, 6) is 1.08. The number of carboxylic acids is 1. The van der Waals surface area contributed by atoms with Gasteiger partial charge in [-0.2, -0.15) is 4.98 Å². The van der Waals surface area contributed by atoms with E-state index in [1.54, 1.807) is 18.3 Å². The lowest BCUT2D eigenvalue weighted by molar-refractivity contribution is -0.138. The normalized spacial score (nSPS) is 18.1. The van der Waals surface area contributed by atoms with Gasteiger partial charge in [-0.25, -0.2) is 9.78 Å². The molecule has 7 heteroatoms. The van der Waals surface area contributed by atoms with Gasteiger partial charge in [0.25, 0.3) is 5.89 Å². The summed E-state index contributed by atoms with van der Waals surface area (Å²) in [5, 5.41) is 13.2. The van der Waals surface area contributed by atoms with E-state index in [9.17, 15) is 9.90 Å². The molecule has 1 aliphatic heterocycles. The molecule has 0 aromatic carbocycles. The van der Waals surface area contributed by atoms with Crippen LogP contribution in [0.2, 0.25) is 0 Å². The molecule has 1 saturated heterocycles. The maximum Gasteiger partial charge on any atom is 0.326 e. The lowest BCUT2D eigenvalue weighted by Gasteiger charge is -2.22. The van der Waals surface area contributed by atoms with Crippen molar-refractivity contribution in [2.45, 2.75) is 38.6 Å². The predicted molar refractivity (Wildman–Crippen MR) is 79.6 cm³/mol. The third-order valence-electron chi connectivity index (χ3n) is 3.78. The summed E-state index contributed by atoms with van der Waals surface area (Å²) in [6.07, 6.45) is 3.13. The topological polar surface area (TPSA) is 92.4 Å². The van der Waals surface area contributed by atoms with E-state index in [2.05, 4.69) is 15.1 Å². The second-order valence-electron chi connectivity index (χ2n) is 5.70. The Morgan fingerprint density at radius 3 is 3.00 bits per heavy atom. The van der Waals surface area contributed by atoms with Gasteiger partial charge in [-0.3, -0.25) is 0 Å². The average Bonchev–Trinajstić information content (AvgIpc) is 3.17. The fourth-order valence-corrected chi connectivity index (χ4v) is 2.59. The van der Waals surface area contributed by atoms with Crippen molar-refractivity contribution in [3.63, 3.8) is 0 Å². The van der Waals surface area contributed by atoms with Crippen LogP contribution in [0.1, 0.15) is 38.4 Å². The van der Waals surface area contributed by atoms with E-state index in [-0.39, 0.29) is 5.92 Å². The van der Waals surface area contributed by atoms with Crippen LogP contribution < -0.4 is 4.90 Å². The van der Waals surface area contributed by atoms with Crippen molar-refractivity contribution in [2.24, 2.45) is 0 Å². The van der Waals surface area contributed by atoms with Gasteiger partial charge in [-0.1, -0.05) is 19.0 Å². The first-order valence-corrected chi connectivity index (χ1v) is 7.35. The highest BCUT2D eigenvalue weighted by Crippen LogP contribution is 2.28. The Hall–Kier alpha value is -2.44. The highest BCUT2D eigenvalue weighted by Gasteiger charge is 2.31. The molecule has 2 aromatic heterocycles. The fraction of sp³-hybridized carbons (Fsp3) is 0.467. The maximum atomic E-state index is 11.3. The van der Waals surface area contributed by atoms with Gasteiger partial charge in [0.05, 0.1) is 0 Å². The Kier molecular flexibility index (Phi) is 3.79. The first-order chi connectivity index (χ1) is 10.6. The van der Waals surface area contributed by atoms with E-state index in [4.69, 9.17) is 4.52 Å². The van der Waals surface area contributed by atoms with E-state index in [1.807, 2.05) is 18.7 Å². The Balaban J connectivity index is 1.90. The van der Waals surface area contributed by atoms with Crippen LogP contribution in [-0.4, -0.2) is 38.8 Å². The van der Waals surface area contributed by atoms with Gasteiger partial charge in [0.1, 0.15) is 11.9 Å². The van der Waals surface area contributed by atoms with E-state index in [0.29, 0.717) is 30.5 Å². The molecule has 116 valence electrons. The van der Waals surface area contributed by atoms with Gasteiger partial charge in [0.2, 0.25) is 0 Å². The summed E-state index contributed by atoms with van der Waals surface area (Å²) in [4.78, 5) is 21.8. The number of anilines is 1. The number of hydrogen-bond acceptors (Lipinski definition) is 6. The van der Waals surface area contributed by atoms with Crippen LogP contribution in [0.15, 0.2) is 22.9 Å². The van der Waals surface area contributed by atoms with Crippen LogP contribution in [0, 0.1) is 0 Å². The van der Waals surface area contributed by atoms with Crippen LogP contribution in [0.3, 0.4) is 0 Å². The Labute approximate surface area is 128 Å². The molecule has 1 atom stereocenters. The molecule has 0 saturated carbocycles. The first kappa shape index (κ1) is 14.5. The summed E-state index contributed by atoms with van der Waals surface area (Å²) in [6.45, 7) is 4.68. The molecular formula is C15H18N4O3. The number of rotatable bonds is 4. The molecule has 1 aliphatic rings. The second kappa shape index (κ2) is 5.75. The highest BCUT2D eigenvalue weighted by atomic mass is 16.5. The molecule has 7 nitrogen and oxygen atoms in total. The summed E-state index contributed by atoms with van der Waals surface area (Å²) >= 11 is 0. The van der Waals surface area contributed by atoms with Gasteiger partial charge < -0.3 is 14.5 Å². The lowest BCUT2D eigenvalue weighted by Crippen LogP contribution is -2.36. The van der Waals surface area contributed by atoms with E-state index >= 15 is 0 Å². The second-order valence-corrected chi connectivity index (χ2v) is 5.70. The van der Waals surface area contributed by atoms with Gasteiger partial charge >= 0.3 is 5.97 Å². The van der Waals surface area contributed by atoms with Crippen molar-refractivity contribution in [1.29, 1.82) is 0 Å². The Morgan fingerprint density at radius 1 is 1.50 bits per heavy atom. The number of aromatic nitrogens is 3. The van der Waals surface area contributed by atoms with Crippen LogP contribution >= 0.6 is 0 Å². The number of pyridine rings is 1. The van der Waals surface area contributed by atoms with E-state index in [0.717, 1.165) is 12.0 Å². The van der Waals surface area contributed by atoms with Crippen molar-refractivity contribution in [3.05, 3.63) is 24.2 Å². The number of carboxylic acid groups (broad SMARTS) is 1. The molecule has 0 bridgehead atoms. The zero-order valence-electron chi connectivity index (χ0n) is 12.6. The largest absolute Gasteiger partial charge is 0.480 e. The maximum absolute atomic E-state index is 11.3. The molecule has 0 radical (unpaired) electrons. The monoisotopic (exact) mass is 302 g/mol. The van der Waals surface area contributed by atoms with Crippen molar-refractivity contribution < 1.29 is 14.4 Å². The van der Waals surface area contributed by atoms with Crippen molar-refractivity contribution in [2.75, 3.05) is 11.4 Å². The Morgan fingerprint density at radius 2 is 2.32 bits per heavy atom. The van der Waals surface area contributed by atoms with Gasteiger partial charge in [-0.05, 0) is 25.0 Å². The molecule has 0 spiro atoms. The van der Waals surface area contributed by atoms with Crippen molar-refractivity contribution in [3.8, 4) is 11.5 Å². The lowest BCUT2D eigenvalue weighted by atomic mass is 10.2. The number of nitrogens with zero attached hydrogens (tertiary/aromatic N) is 4. The Bertz CT molecular complexity index is 683. The van der Waals surface area contributed by atoms with Gasteiger partial charge in [0, 0.05) is 24.2 Å². The predicted octanol–water partition coefficient (Wildman–Crippen LogP) is 2.31. The first-order valence-electron chi connectivity index (χ1n) is 7.35. The summed E-state index contributed by atoms with van der Waals surface area (Å²) < 4.78 is 5.28. The number of aliphatic carboxylic acids is 1.